The highest BCUT2D eigenvalue weighted by Gasteiger charge is 2.26. The molecule has 5 nitrogen and oxygen atoms in total. The number of anilines is 1. The standard InChI is InChI=1S/C13H21N3O2S2/c17-20(18,8-6-11-3-1-2-7-14-11)16-13-15-12(9-19-13)10-4-5-10/h9-11,14H,1-8H2,(H,15,16). The van der Waals surface area contributed by atoms with Crippen LogP contribution in [0.4, 0.5) is 5.13 Å². The van der Waals surface area contributed by atoms with E-state index in [1.165, 1.54) is 37.0 Å². The van der Waals surface area contributed by atoms with E-state index in [-0.39, 0.29) is 5.75 Å². The second-order valence-electron chi connectivity index (χ2n) is 5.71. The Balaban J connectivity index is 1.51. The maximum atomic E-state index is 12.1. The maximum absolute atomic E-state index is 12.1. The molecule has 1 saturated heterocycles. The second kappa shape index (κ2) is 5.99. The fourth-order valence-corrected chi connectivity index (χ4v) is 4.77. The number of piperidine rings is 1. The van der Waals surface area contributed by atoms with Crippen LogP contribution in [0.1, 0.15) is 50.1 Å². The van der Waals surface area contributed by atoms with Gasteiger partial charge < -0.3 is 5.32 Å². The summed E-state index contributed by atoms with van der Waals surface area (Å²) in [7, 11) is -3.27. The molecule has 20 heavy (non-hydrogen) atoms. The molecule has 1 aliphatic heterocycles. The molecule has 1 unspecified atom stereocenters. The fraction of sp³-hybridized carbons (Fsp3) is 0.769. The Hall–Kier alpha value is -0.660. The van der Waals surface area contributed by atoms with Gasteiger partial charge in [0, 0.05) is 17.3 Å². The summed E-state index contributed by atoms with van der Waals surface area (Å²) in [5.74, 6) is 0.735. The van der Waals surface area contributed by atoms with Crippen LogP contribution >= 0.6 is 11.3 Å². The summed E-state index contributed by atoms with van der Waals surface area (Å²) in [6.45, 7) is 1.01. The maximum Gasteiger partial charge on any atom is 0.234 e. The number of hydrogen-bond donors (Lipinski definition) is 2. The van der Waals surface area contributed by atoms with Gasteiger partial charge in [-0.1, -0.05) is 6.42 Å². The Morgan fingerprint density at radius 2 is 2.20 bits per heavy atom. The number of thiazole rings is 1. The molecular weight excluding hydrogens is 294 g/mol. The molecule has 1 aliphatic carbocycles. The molecule has 0 amide bonds. The minimum absolute atomic E-state index is 0.170. The normalized spacial score (nSPS) is 23.7. The predicted octanol–water partition coefficient (Wildman–Crippen LogP) is 2.29. The molecule has 0 spiro atoms. The zero-order valence-corrected chi connectivity index (χ0v) is 13.1. The third kappa shape index (κ3) is 3.93. The van der Waals surface area contributed by atoms with E-state index in [2.05, 4.69) is 15.0 Å². The average Bonchev–Trinajstić information content (AvgIpc) is 3.19. The summed E-state index contributed by atoms with van der Waals surface area (Å²) in [5, 5.41) is 5.87. The molecule has 1 saturated carbocycles. The summed E-state index contributed by atoms with van der Waals surface area (Å²) in [6, 6.07) is 0.346. The summed E-state index contributed by atoms with van der Waals surface area (Å²) in [6.07, 6.45) is 6.52. The Morgan fingerprint density at radius 1 is 1.35 bits per heavy atom. The molecule has 0 bridgehead atoms. The molecular formula is C13H21N3O2S2. The largest absolute Gasteiger partial charge is 0.314 e. The highest BCUT2D eigenvalue weighted by atomic mass is 32.2. The van der Waals surface area contributed by atoms with Crippen LogP contribution in [0.2, 0.25) is 0 Å². The molecule has 1 atom stereocenters. The van der Waals surface area contributed by atoms with Crippen molar-refractivity contribution in [3.63, 3.8) is 0 Å². The van der Waals surface area contributed by atoms with E-state index in [0.717, 1.165) is 18.7 Å². The molecule has 7 heteroatoms. The lowest BCUT2D eigenvalue weighted by Crippen LogP contribution is -2.36. The molecule has 112 valence electrons. The van der Waals surface area contributed by atoms with Crippen molar-refractivity contribution in [2.45, 2.75) is 50.5 Å². The topological polar surface area (TPSA) is 71.1 Å². The van der Waals surface area contributed by atoms with E-state index in [0.29, 0.717) is 23.5 Å². The summed E-state index contributed by atoms with van der Waals surface area (Å²) in [4.78, 5) is 4.36. The molecule has 1 aromatic heterocycles. The highest BCUT2D eigenvalue weighted by Crippen LogP contribution is 2.40. The van der Waals surface area contributed by atoms with Crippen molar-refractivity contribution in [3.8, 4) is 0 Å². The molecule has 2 heterocycles. The quantitative estimate of drug-likeness (QED) is 0.845. The zero-order chi connectivity index (χ0) is 14.0. The van der Waals surface area contributed by atoms with E-state index in [1.807, 2.05) is 5.38 Å². The third-order valence-corrected chi connectivity index (χ3v) is 6.09. The average molecular weight is 315 g/mol. The first-order valence-corrected chi connectivity index (χ1v) is 9.85. The Kier molecular flexibility index (Phi) is 4.28. The lowest BCUT2D eigenvalue weighted by atomic mass is 10.0. The smallest absolute Gasteiger partial charge is 0.234 e. The SMILES string of the molecule is O=S(=O)(CCC1CCCCN1)Nc1nc(C2CC2)cs1. The van der Waals surface area contributed by atoms with Crippen molar-refractivity contribution in [2.24, 2.45) is 0 Å². The van der Waals surface area contributed by atoms with Gasteiger partial charge in [0.25, 0.3) is 0 Å². The van der Waals surface area contributed by atoms with Gasteiger partial charge in [-0.15, -0.1) is 11.3 Å². The first-order valence-electron chi connectivity index (χ1n) is 7.32. The molecule has 0 radical (unpaired) electrons. The van der Waals surface area contributed by atoms with Gasteiger partial charge in [0.15, 0.2) is 5.13 Å². The molecule has 2 aliphatic rings. The predicted molar refractivity (Wildman–Crippen MR) is 81.8 cm³/mol. The van der Waals surface area contributed by atoms with Crippen LogP contribution in [0.25, 0.3) is 0 Å². The van der Waals surface area contributed by atoms with E-state index in [1.54, 1.807) is 0 Å². The van der Waals surface area contributed by atoms with Gasteiger partial charge in [0.1, 0.15) is 0 Å². The van der Waals surface area contributed by atoms with Gasteiger partial charge in [-0.3, -0.25) is 4.72 Å². The first kappa shape index (κ1) is 14.3. The zero-order valence-electron chi connectivity index (χ0n) is 11.5. The summed E-state index contributed by atoms with van der Waals surface area (Å²) >= 11 is 1.39. The van der Waals surface area contributed by atoms with Crippen molar-refractivity contribution < 1.29 is 8.42 Å². The van der Waals surface area contributed by atoms with Gasteiger partial charge in [-0.05, 0) is 38.6 Å². The highest BCUT2D eigenvalue weighted by molar-refractivity contribution is 7.92. The minimum Gasteiger partial charge on any atom is -0.314 e. The number of aromatic nitrogens is 1. The van der Waals surface area contributed by atoms with Crippen molar-refractivity contribution in [1.82, 2.24) is 10.3 Å². The first-order chi connectivity index (χ1) is 9.62. The van der Waals surface area contributed by atoms with Gasteiger partial charge in [-0.25, -0.2) is 13.4 Å². The van der Waals surface area contributed by atoms with Crippen LogP contribution in [0.5, 0.6) is 0 Å². The van der Waals surface area contributed by atoms with E-state index < -0.39 is 10.0 Å². The Labute approximate surface area is 124 Å². The van der Waals surface area contributed by atoms with Crippen LogP contribution in [0.3, 0.4) is 0 Å². The van der Waals surface area contributed by atoms with Crippen LogP contribution < -0.4 is 10.0 Å². The number of hydrogen-bond acceptors (Lipinski definition) is 5. The van der Waals surface area contributed by atoms with Crippen LogP contribution in [-0.2, 0) is 10.0 Å². The Morgan fingerprint density at radius 3 is 2.90 bits per heavy atom. The van der Waals surface area contributed by atoms with Crippen molar-refractivity contribution in [1.29, 1.82) is 0 Å². The fourth-order valence-electron chi connectivity index (χ4n) is 2.55. The number of nitrogens with one attached hydrogen (secondary N) is 2. The van der Waals surface area contributed by atoms with Gasteiger partial charge >= 0.3 is 0 Å². The van der Waals surface area contributed by atoms with Crippen LogP contribution in [0.15, 0.2) is 5.38 Å². The Bertz CT molecular complexity index is 546. The number of rotatable bonds is 6. The monoisotopic (exact) mass is 315 g/mol. The molecule has 0 aromatic carbocycles. The minimum atomic E-state index is -3.27. The molecule has 1 aromatic rings. The van der Waals surface area contributed by atoms with Gasteiger partial charge in [0.05, 0.1) is 11.4 Å². The lowest BCUT2D eigenvalue weighted by Gasteiger charge is -2.23. The molecule has 3 rings (SSSR count). The number of nitrogens with zero attached hydrogens (tertiary/aromatic N) is 1. The van der Waals surface area contributed by atoms with Crippen molar-refractivity contribution in [2.75, 3.05) is 17.0 Å². The summed E-state index contributed by atoms with van der Waals surface area (Å²) < 4.78 is 26.7. The third-order valence-electron chi connectivity index (χ3n) is 3.91. The van der Waals surface area contributed by atoms with Crippen molar-refractivity contribution >= 4 is 26.5 Å². The van der Waals surface area contributed by atoms with Crippen LogP contribution in [0, 0.1) is 0 Å². The van der Waals surface area contributed by atoms with Gasteiger partial charge in [0.2, 0.25) is 10.0 Å². The van der Waals surface area contributed by atoms with Crippen LogP contribution in [-0.4, -0.2) is 31.7 Å². The van der Waals surface area contributed by atoms with E-state index >= 15 is 0 Å². The molecule has 2 fully saturated rings. The lowest BCUT2D eigenvalue weighted by molar-refractivity contribution is 0.393. The van der Waals surface area contributed by atoms with E-state index in [4.69, 9.17) is 0 Å². The van der Waals surface area contributed by atoms with E-state index in [9.17, 15) is 8.42 Å². The van der Waals surface area contributed by atoms with Gasteiger partial charge in [-0.2, -0.15) is 0 Å². The number of sulfonamides is 1. The summed E-state index contributed by atoms with van der Waals surface area (Å²) in [5.41, 5.74) is 1.04. The second-order valence-corrected chi connectivity index (χ2v) is 8.41. The molecule has 2 N–H and O–H groups in total. The van der Waals surface area contributed by atoms with Crippen molar-refractivity contribution in [3.05, 3.63) is 11.1 Å².